The summed E-state index contributed by atoms with van der Waals surface area (Å²) in [7, 11) is 1.76. The molecule has 1 aromatic heterocycles. The van der Waals surface area contributed by atoms with Crippen LogP contribution in [0.3, 0.4) is 0 Å². The monoisotopic (exact) mass is 216 g/mol. The van der Waals surface area contributed by atoms with E-state index >= 15 is 0 Å². The highest BCUT2D eigenvalue weighted by Gasteiger charge is 2.09. The zero-order valence-electron chi connectivity index (χ0n) is 7.96. The fraction of sp³-hybridized carbons (Fsp3) is 0.444. The summed E-state index contributed by atoms with van der Waals surface area (Å²) in [5.41, 5.74) is 0.521. The first-order valence-corrected chi connectivity index (χ1v) is 4.74. The lowest BCUT2D eigenvalue weighted by Gasteiger charge is -2.04. The van der Waals surface area contributed by atoms with Crippen LogP contribution in [0.4, 0.5) is 0 Å². The molecule has 0 unspecified atom stereocenters. The Labute approximate surface area is 87.5 Å². The molecule has 4 nitrogen and oxygen atoms in total. The summed E-state index contributed by atoms with van der Waals surface area (Å²) in [5, 5.41) is 11.7. The van der Waals surface area contributed by atoms with E-state index in [2.05, 4.69) is 5.32 Å². The largest absolute Gasteiger partial charge is 0.396 e. The van der Waals surface area contributed by atoms with Crippen molar-refractivity contribution in [1.29, 1.82) is 0 Å². The van der Waals surface area contributed by atoms with Gasteiger partial charge in [-0.2, -0.15) is 0 Å². The summed E-state index contributed by atoms with van der Waals surface area (Å²) >= 11 is 5.73. The molecule has 0 fully saturated rings. The van der Waals surface area contributed by atoms with E-state index in [1.807, 2.05) is 0 Å². The number of aliphatic hydroxyl groups excluding tert-OH is 1. The standard InChI is InChI=1S/C9H13ClN2O2/c1-12-6-7(10)5-8(12)9(14)11-3-2-4-13/h5-6,13H,2-4H2,1H3,(H,11,14). The van der Waals surface area contributed by atoms with Crippen molar-refractivity contribution in [2.45, 2.75) is 6.42 Å². The van der Waals surface area contributed by atoms with E-state index in [0.717, 1.165) is 0 Å². The molecule has 78 valence electrons. The Morgan fingerprint density at radius 3 is 2.93 bits per heavy atom. The summed E-state index contributed by atoms with van der Waals surface area (Å²) in [5.74, 6) is -0.173. The van der Waals surface area contributed by atoms with Gasteiger partial charge < -0.3 is 15.0 Å². The number of carbonyl (C=O) groups is 1. The van der Waals surface area contributed by atoms with Gasteiger partial charge in [0.05, 0.1) is 5.02 Å². The minimum absolute atomic E-state index is 0.0776. The SMILES string of the molecule is Cn1cc(Cl)cc1C(=O)NCCCO. The van der Waals surface area contributed by atoms with Gasteiger partial charge in [0, 0.05) is 26.4 Å². The number of aromatic nitrogens is 1. The number of amides is 1. The van der Waals surface area contributed by atoms with Crippen LogP contribution >= 0.6 is 11.6 Å². The van der Waals surface area contributed by atoms with Gasteiger partial charge in [-0.05, 0) is 12.5 Å². The van der Waals surface area contributed by atoms with Crippen molar-refractivity contribution < 1.29 is 9.90 Å². The molecule has 0 spiro atoms. The molecule has 0 aliphatic rings. The first-order valence-electron chi connectivity index (χ1n) is 4.36. The average molecular weight is 217 g/mol. The number of aryl methyl sites for hydroxylation is 1. The maximum absolute atomic E-state index is 11.5. The molecule has 0 aliphatic carbocycles. The van der Waals surface area contributed by atoms with Crippen LogP contribution in [0.15, 0.2) is 12.3 Å². The Bertz CT molecular complexity index is 323. The number of carbonyl (C=O) groups excluding carboxylic acids is 1. The number of hydrogen-bond donors (Lipinski definition) is 2. The Hall–Kier alpha value is -1.00. The Balaban J connectivity index is 2.56. The first kappa shape index (κ1) is 11.1. The normalized spacial score (nSPS) is 10.2. The van der Waals surface area contributed by atoms with Crippen LogP contribution in [0.2, 0.25) is 5.02 Å². The van der Waals surface area contributed by atoms with Gasteiger partial charge in [0.15, 0.2) is 0 Å². The van der Waals surface area contributed by atoms with Gasteiger partial charge in [-0.15, -0.1) is 0 Å². The lowest BCUT2D eigenvalue weighted by atomic mass is 10.4. The molecule has 0 saturated heterocycles. The average Bonchev–Trinajstić information content (AvgIpc) is 2.45. The fourth-order valence-corrected chi connectivity index (χ4v) is 1.37. The van der Waals surface area contributed by atoms with Crippen molar-refractivity contribution in [3.05, 3.63) is 23.0 Å². The number of aliphatic hydroxyl groups is 1. The summed E-state index contributed by atoms with van der Waals surface area (Å²) < 4.78 is 1.66. The van der Waals surface area contributed by atoms with E-state index in [1.165, 1.54) is 0 Å². The Morgan fingerprint density at radius 2 is 2.43 bits per heavy atom. The molecule has 1 amide bonds. The van der Waals surface area contributed by atoms with Crippen molar-refractivity contribution in [2.75, 3.05) is 13.2 Å². The highest BCUT2D eigenvalue weighted by Crippen LogP contribution is 2.12. The maximum Gasteiger partial charge on any atom is 0.267 e. The van der Waals surface area contributed by atoms with E-state index in [0.29, 0.717) is 23.7 Å². The minimum atomic E-state index is -0.173. The molecule has 5 heteroatoms. The third-order valence-electron chi connectivity index (χ3n) is 1.82. The highest BCUT2D eigenvalue weighted by molar-refractivity contribution is 6.31. The van der Waals surface area contributed by atoms with Gasteiger partial charge in [-0.25, -0.2) is 0 Å². The lowest BCUT2D eigenvalue weighted by Crippen LogP contribution is -2.26. The molecule has 1 rings (SSSR count). The Morgan fingerprint density at radius 1 is 1.71 bits per heavy atom. The van der Waals surface area contributed by atoms with Crippen LogP contribution in [-0.4, -0.2) is 28.7 Å². The van der Waals surface area contributed by atoms with Gasteiger partial charge in [-0.1, -0.05) is 11.6 Å². The van der Waals surface area contributed by atoms with E-state index in [9.17, 15) is 4.79 Å². The second-order valence-electron chi connectivity index (χ2n) is 2.99. The second-order valence-corrected chi connectivity index (χ2v) is 3.42. The Kier molecular flexibility index (Phi) is 3.98. The van der Waals surface area contributed by atoms with Crippen LogP contribution in [-0.2, 0) is 7.05 Å². The summed E-state index contributed by atoms with van der Waals surface area (Å²) in [6.07, 6.45) is 2.23. The third kappa shape index (κ3) is 2.75. The summed E-state index contributed by atoms with van der Waals surface area (Å²) in [4.78, 5) is 11.5. The van der Waals surface area contributed by atoms with E-state index in [4.69, 9.17) is 16.7 Å². The van der Waals surface area contributed by atoms with E-state index < -0.39 is 0 Å². The number of halogens is 1. The molecule has 0 saturated carbocycles. The van der Waals surface area contributed by atoms with Crippen LogP contribution in [0, 0.1) is 0 Å². The smallest absolute Gasteiger partial charge is 0.267 e. The van der Waals surface area contributed by atoms with Crippen LogP contribution in [0.25, 0.3) is 0 Å². The van der Waals surface area contributed by atoms with Crippen molar-refractivity contribution >= 4 is 17.5 Å². The lowest BCUT2D eigenvalue weighted by molar-refractivity contribution is 0.0943. The van der Waals surface area contributed by atoms with E-state index in [-0.39, 0.29) is 12.5 Å². The molecule has 0 aliphatic heterocycles. The second kappa shape index (κ2) is 5.02. The molecule has 0 aromatic carbocycles. The molecule has 1 aromatic rings. The van der Waals surface area contributed by atoms with Gasteiger partial charge in [0.25, 0.3) is 5.91 Å². The fourth-order valence-electron chi connectivity index (χ4n) is 1.12. The van der Waals surface area contributed by atoms with Crippen molar-refractivity contribution in [3.63, 3.8) is 0 Å². The summed E-state index contributed by atoms with van der Waals surface area (Å²) in [6, 6.07) is 1.61. The zero-order chi connectivity index (χ0) is 10.6. The van der Waals surface area contributed by atoms with Gasteiger partial charge >= 0.3 is 0 Å². The first-order chi connectivity index (χ1) is 6.65. The predicted octanol–water partition coefficient (Wildman–Crippen LogP) is 0.791. The quantitative estimate of drug-likeness (QED) is 0.732. The minimum Gasteiger partial charge on any atom is -0.396 e. The van der Waals surface area contributed by atoms with Gasteiger partial charge in [0.1, 0.15) is 5.69 Å². The topological polar surface area (TPSA) is 54.3 Å². The van der Waals surface area contributed by atoms with Crippen LogP contribution in [0.1, 0.15) is 16.9 Å². The number of nitrogens with one attached hydrogen (secondary N) is 1. The van der Waals surface area contributed by atoms with Crippen molar-refractivity contribution in [2.24, 2.45) is 7.05 Å². The molecular weight excluding hydrogens is 204 g/mol. The molecule has 1 heterocycles. The van der Waals surface area contributed by atoms with Crippen LogP contribution < -0.4 is 5.32 Å². The van der Waals surface area contributed by atoms with E-state index in [1.54, 1.807) is 23.9 Å². The van der Waals surface area contributed by atoms with Gasteiger partial charge in [0.2, 0.25) is 0 Å². The maximum atomic E-state index is 11.5. The van der Waals surface area contributed by atoms with Gasteiger partial charge in [-0.3, -0.25) is 4.79 Å². The molecule has 0 radical (unpaired) electrons. The molecule has 0 bridgehead atoms. The molecule has 2 N–H and O–H groups in total. The van der Waals surface area contributed by atoms with Crippen molar-refractivity contribution in [1.82, 2.24) is 9.88 Å². The summed E-state index contributed by atoms with van der Waals surface area (Å²) in [6.45, 7) is 0.548. The van der Waals surface area contributed by atoms with Crippen molar-refractivity contribution in [3.8, 4) is 0 Å². The number of hydrogen-bond acceptors (Lipinski definition) is 2. The predicted molar refractivity (Wildman–Crippen MR) is 54.5 cm³/mol. The molecule has 14 heavy (non-hydrogen) atoms. The third-order valence-corrected chi connectivity index (χ3v) is 2.03. The molecular formula is C9H13ClN2O2. The number of nitrogens with zero attached hydrogens (tertiary/aromatic N) is 1. The molecule has 0 atom stereocenters. The van der Waals surface area contributed by atoms with Crippen LogP contribution in [0.5, 0.6) is 0 Å². The zero-order valence-corrected chi connectivity index (χ0v) is 8.71. The highest BCUT2D eigenvalue weighted by atomic mass is 35.5. The number of rotatable bonds is 4.